The highest BCUT2D eigenvalue weighted by Crippen LogP contribution is 2.60. The average molecular weight is 447 g/mol. The molecule has 0 bridgehead atoms. The summed E-state index contributed by atoms with van der Waals surface area (Å²) in [6.45, 7) is -6.74. The zero-order valence-corrected chi connectivity index (χ0v) is 15.5. The van der Waals surface area contributed by atoms with Gasteiger partial charge in [0, 0.05) is 0 Å². The quantitative estimate of drug-likeness (QED) is 0.500. The molecule has 1 fully saturated rings. The number of carbonyl (C=O) groups excluding carboxylic acids is 1. The summed E-state index contributed by atoms with van der Waals surface area (Å²) in [4.78, 5) is 12.2. The number of hydrogen-bond donors (Lipinski definition) is 2. The summed E-state index contributed by atoms with van der Waals surface area (Å²) in [5.74, 6) is -1.22. The predicted molar refractivity (Wildman–Crippen MR) is 88.9 cm³/mol. The molecule has 1 amide bonds. The second kappa shape index (κ2) is 9.82. The first-order valence-electron chi connectivity index (χ1n) is 8.93. The lowest BCUT2D eigenvalue weighted by atomic mass is 9.95. The van der Waals surface area contributed by atoms with Crippen LogP contribution in [0.15, 0.2) is 24.3 Å². The van der Waals surface area contributed by atoms with Gasteiger partial charge in [0.25, 0.3) is 0 Å². The lowest BCUT2D eigenvalue weighted by Crippen LogP contribution is -2.40. The Morgan fingerprint density at radius 1 is 1.17 bits per heavy atom. The molecule has 0 heterocycles. The Hall–Kier alpha value is -2.08. The zero-order valence-electron chi connectivity index (χ0n) is 15.5. The fourth-order valence-electron chi connectivity index (χ4n) is 3.07. The summed E-state index contributed by atoms with van der Waals surface area (Å²) in [5.41, 5.74) is -2.14. The van der Waals surface area contributed by atoms with Gasteiger partial charge in [0.05, 0.1) is 30.6 Å². The number of aliphatic hydroxyl groups excluding tert-OH is 1. The van der Waals surface area contributed by atoms with Gasteiger partial charge in [-0.1, -0.05) is 12.1 Å². The first-order valence-corrected chi connectivity index (χ1v) is 8.93. The maximum atomic E-state index is 13.1. The van der Waals surface area contributed by atoms with Crippen molar-refractivity contribution in [2.45, 2.75) is 57.2 Å². The molecular formula is C18H20F7NO4. The molecule has 1 aliphatic rings. The van der Waals surface area contributed by atoms with Crippen molar-refractivity contribution in [1.82, 2.24) is 5.32 Å². The molecule has 0 unspecified atom stereocenters. The van der Waals surface area contributed by atoms with Crippen LogP contribution in [0.25, 0.3) is 0 Å². The SMILES string of the molecule is O=C(C[C@H](O)C1(C(F)(F)F)CC1)N[C@@H](CCOC(F)F)c1cccc(OC(F)F)c1. The van der Waals surface area contributed by atoms with Crippen molar-refractivity contribution >= 4 is 5.91 Å². The van der Waals surface area contributed by atoms with Crippen LogP contribution in [0.4, 0.5) is 30.7 Å². The number of amides is 1. The molecule has 0 aliphatic heterocycles. The fraction of sp³-hybridized carbons (Fsp3) is 0.611. The van der Waals surface area contributed by atoms with Crippen LogP contribution in [0.2, 0.25) is 0 Å². The lowest BCUT2D eigenvalue weighted by Gasteiger charge is -2.26. The van der Waals surface area contributed by atoms with E-state index in [1.165, 1.54) is 18.2 Å². The monoisotopic (exact) mass is 447 g/mol. The van der Waals surface area contributed by atoms with Crippen LogP contribution in [0.5, 0.6) is 5.75 Å². The summed E-state index contributed by atoms with van der Waals surface area (Å²) in [6, 6.07) is 3.99. The van der Waals surface area contributed by atoms with Gasteiger partial charge in [0.1, 0.15) is 5.75 Å². The van der Waals surface area contributed by atoms with Crippen LogP contribution in [0, 0.1) is 5.41 Å². The standard InChI is InChI=1S/C18H20F7NO4/c19-15(20)29-7-4-12(10-2-1-3-11(8-10)30-16(21)22)26-14(28)9-13(27)17(5-6-17)18(23,24)25/h1-3,8,12-13,15-16,27H,4-7,9H2,(H,26,28)/t12-,13-/m0/s1. The number of hydrogen-bond acceptors (Lipinski definition) is 4. The van der Waals surface area contributed by atoms with E-state index in [-0.39, 0.29) is 30.6 Å². The highest BCUT2D eigenvalue weighted by Gasteiger charge is 2.67. The minimum atomic E-state index is -4.67. The molecule has 0 aromatic heterocycles. The van der Waals surface area contributed by atoms with Gasteiger partial charge in [0.15, 0.2) is 0 Å². The van der Waals surface area contributed by atoms with Crippen LogP contribution in [0.1, 0.15) is 37.3 Å². The van der Waals surface area contributed by atoms with Crippen LogP contribution in [-0.2, 0) is 9.53 Å². The molecule has 2 atom stereocenters. The van der Waals surface area contributed by atoms with E-state index in [1.807, 2.05) is 0 Å². The normalized spacial score (nSPS) is 17.7. The predicted octanol–water partition coefficient (Wildman–Crippen LogP) is 4.17. The molecular weight excluding hydrogens is 427 g/mol. The van der Waals surface area contributed by atoms with E-state index in [0.717, 1.165) is 6.07 Å². The third-order valence-corrected chi connectivity index (χ3v) is 4.84. The first kappa shape index (κ1) is 24.2. The third-order valence-electron chi connectivity index (χ3n) is 4.84. The van der Waals surface area contributed by atoms with Gasteiger partial charge in [-0.25, -0.2) is 0 Å². The molecule has 2 N–H and O–H groups in total. The second-order valence-corrected chi connectivity index (χ2v) is 6.87. The Morgan fingerprint density at radius 3 is 2.37 bits per heavy atom. The van der Waals surface area contributed by atoms with E-state index in [0.29, 0.717) is 0 Å². The average Bonchev–Trinajstić information content (AvgIpc) is 3.42. The molecule has 0 saturated heterocycles. The van der Waals surface area contributed by atoms with Crippen molar-refractivity contribution in [2.75, 3.05) is 6.61 Å². The lowest BCUT2D eigenvalue weighted by molar-refractivity contribution is -0.214. The summed E-state index contributed by atoms with van der Waals surface area (Å²) in [5, 5.41) is 12.2. The Kier molecular flexibility index (Phi) is 7.92. The van der Waals surface area contributed by atoms with E-state index < -0.39 is 55.9 Å². The number of ether oxygens (including phenoxy) is 2. The van der Waals surface area contributed by atoms with Crippen LogP contribution >= 0.6 is 0 Å². The van der Waals surface area contributed by atoms with Gasteiger partial charge in [0.2, 0.25) is 5.91 Å². The van der Waals surface area contributed by atoms with E-state index in [9.17, 15) is 40.6 Å². The molecule has 30 heavy (non-hydrogen) atoms. The number of benzene rings is 1. The van der Waals surface area contributed by atoms with Gasteiger partial charge < -0.3 is 19.9 Å². The summed E-state index contributed by atoms with van der Waals surface area (Å²) in [7, 11) is 0. The molecule has 1 aromatic rings. The number of halogens is 7. The van der Waals surface area contributed by atoms with Crippen LogP contribution in [0.3, 0.4) is 0 Å². The molecule has 0 spiro atoms. The highest BCUT2D eigenvalue weighted by molar-refractivity contribution is 5.77. The maximum Gasteiger partial charge on any atom is 0.396 e. The van der Waals surface area contributed by atoms with Gasteiger partial charge >= 0.3 is 19.4 Å². The smallest absolute Gasteiger partial charge is 0.396 e. The zero-order chi connectivity index (χ0) is 22.5. The molecule has 12 heteroatoms. The summed E-state index contributed by atoms with van der Waals surface area (Å²) in [6.07, 6.45) is -8.33. The van der Waals surface area contributed by atoms with E-state index >= 15 is 0 Å². The molecule has 5 nitrogen and oxygen atoms in total. The van der Waals surface area contributed by atoms with Crippen LogP contribution in [-0.4, -0.2) is 43.1 Å². The number of rotatable bonds is 11. The van der Waals surface area contributed by atoms with Crippen LogP contribution < -0.4 is 10.1 Å². The van der Waals surface area contributed by atoms with Crippen molar-refractivity contribution in [3.05, 3.63) is 29.8 Å². The number of nitrogens with one attached hydrogen (secondary N) is 1. The molecule has 1 aromatic carbocycles. The Morgan fingerprint density at radius 2 is 1.83 bits per heavy atom. The van der Waals surface area contributed by atoms with E-state index in [1.54, 1.807) is 0 Å². The van der Waals surface area contributed by atoms with Gasteiger partial charge in [-0.3, -0.25) is 4.79 Å². The van der Waals surface area contributed by atoms with Crippen molar-refractivity contribution < 1.29 is 50.1 Å². The maximum absolute atomic E-state index is 13.1. The Bertz CT molecular complexity index is 710. The van der Waals surface area contributed by atoms with Crippen molar-refractivity contribution in [3.63, 3.8) is 0 Å². The fourth-order valence-corrected chi connectivity index (χ4v) is 3.07. The Labute approximate surface area is 167 Å². The van der Waals surface area contributed by atoms with Crippen molar-refractivity contribution in [1.29, 1.82) is 0 Å². The topological polar surface area (TPSA) is 67.8 Å². The second-order valence-electron chi connectivity index (χ2n) is 6.87. The van der Waals surface area contributed by atoms with Gasteiger partial charge in [-0.05, 0) is 37.0 Å². The minimum Gasteiger partial charge on any atom is -0.435 e. The number of alkyl halides is 7. The molecule has 1 aliphatic carbocycles. The molecule has 1 saturated carbocycles. The largest absolute Gasteiger partial charge is 0.435 e. The number of aliphatic hydroxyl groups is 1. The Balaban J connectivity index is 2.08. The van der Waals surface area contributed by atoms with E-state index in [4.69, 9.17) is 0 Å². The molecule has 170 valence electrons. The minimum absolute atomic E-state index is 0.186. The molecule has 0 radical (unpaired) electrons. The summed E-state index contributed by atoms with van der Waals surface area (Å²) >= 11 is 0. The van der Waals surface area contributed by atoms with E-state index in [2.05, 4.69) is 14.8 Å². The van der Waals surface area contributed by atoms with Gasteiger partial charge in [-0.15, -0.1) is 0 Å². The number of carbonyl (C=O) groups is 1. The highest BCUT2D eigenvalue weighted by atomic mass is 19.4. The third kappa shape index (κ3) is 6.46. The van der Waals surface area contributed by atoms with Gasteiger partial charge in [-0.2, -0.15) is 30.7 Å². The molecule has 2 rings (SSSR count). The summed E-state index contributed by atoms with van der Waals surface area (Å²) < 4.78 is 96.8. The van der Waals surface area contributed by atoms with Crippen molar-refractivity contribution in [3.8, 4) is 5.75 Å². The first-order chi connectivity index (χ1) is 13.9. The van der Waals surface area contributed by atoms with Crippen molar-refractivity contribution in [2.24, 2.45) is 5.41 Å².